The van der Waals surface area contributed by atoms with Gasteiger partial charge < -0.3 is 0 Å². The fourth-order valence-corrected chi connectivity index (χ4v) is 0.386. The molecular formula is C6H11N2. The first-order valence-electron chi connectivity index (χ1n) is 2.49. The molecular weight excluding hydrogens is 100 g/mol. The quantitative estimate of drug-likeness (QED) is 0.390. The molecule has 0 amide bonds. The Labute approximate surface area is 50.3 Å². The van der Waals surface area contributed by atoms with Gasteiger partial charge in [-0.1, -0.05) is 12.2 Å². The maximum absolute atomic E-state index is 7.06. The molecule has 0 unspecified atom stereocenters. The van der Waals surface area contributed by atoms with E-state index in [1.165, 1.54) is 5.01 Å². The van der Waals surface area contributed by atoms with Crippen LogP contribution in [-0.4, -0.2) is 18.1 Å². The van der Waals surface area contributed by atoms with E-state index < -0.39 is 0 Å². The van der Waals surface area contributed by atoms with E-state index in [0.29, 0.717) is 13.1 Å². The largest absolute Gasteiger partial charge is 0.222 e. The summed E-state index contributed by atoms with van der Waals surface area (Å²) in [5.41, 5.74) is 0. The Hall–Kier alpha value is -0.600. The van der Waals surface area contributed by atoms with Gasteiger partial charge in [0.1, 0.15) is 0 Å². The topological polar surface area (TPSA) is 27.0 Å². The Kier molecular flexibility index (Phi) is 4.21. The van der Waals surface area contributed by atoms with E-state index in [1.807, 2.05) is 0 Å². The van der Waals surface area contributed by atoms with Crippen molar-refractivity contribution in [2.75, 3.05) is 13.1 Å². The highest BCUT2D eigenvalue weighted by atomic mass is 15.4. The summed E-state index contributed by atoms with van der Waals surface area (Å²) in [7, 11) is 0. The minimum Gasteiger partial charge on any atom is -0.222 e. The second-order valence-corrected chi connectivity index (χ2v) is 1.48. The van der Waals surface area contributed by atoms with Crippen molar-refractivity contribution in [2.45, 2.75) is 0 Å². The summed E-state index contributed by atoms with van der Waals surface area (Å²) in [4.78, 5) is 0. The second kappa shape index (κ2) is 4.56. The summed E-state index contributed by atoms with van der Waals surface area (Å²) in [5, 5.41) is 1.38. The number of nitrogens with zero attached hydrogens (tertiary/aromatic N) is 1. The van der Waals surface area contributed by atoms with Crippen LogP contribution in [0.5, 0.6) is 0 Å². The minimum absolute atomic E-state index is 0.603. The van der Waals surface area contributed by atoms with E-state index in [2.05, 4.69) is 13.2 Å². The predicted molar refractivity (Wildman–Crippen MR) is 35.1 cm³/mol. The molecule has 0 aromatic rings. The smallest absolute Gasteiger partial charge is 0.0326 e. The predicted octanol–water partition coefficient (Wildman–Crippen LogP) is 0.858. The van der Waals surface area contributed by atoms with Crippen LogP contribution in [0.25, 0.3) is 0 Å². The molecule has 1 radical (unpaired) electrons. The Bertz CT molecular complexity index is 68.6. The number of hydrogen-bond donors (Lipinski definition) is 0. The highest BCUT2D eigenvalue weighted by molar-refractivity contribution is 4.75. The molecule has 1 N–H and O–H groups in total. The van der Waals surface area contributed by atoms with Gasteiger partial charge in [0.15, 0.2) is 0 Å². The highest BCUT2D eigenvalue weighted by Gasteiger charge is 1.87. The Morgan fingerprint density at radius 1 is 1.25 bits per heavy atom. The maximum atomic E-state index is 7.06. The molecule has 45 valence electrons. The number of hydrogen-bond acceptors (Lipinski definition) is 1. The summed E-state index contributed by atoms with van der Waals surface area (Å²) in [6.07, 6.45) is 3.38. The monoisotopic (exact) mass is 111 g/mol. The van der Waals surface area contributed by atoms with Crippen molar-refractivity contribution < 1.29 is 0 Å². The van der Waals surface area contributed by atoms with Gasteiger partial charge in [-0.3, -0.25) is 0 Å². The lowest BCUT2D eigenvalue weighted by Gasteiger charge is -2.06. The fraction of sp³-hybridized carbons (Fsp3) is 0.333. The van der Waals surface area contributed by atoms with E-state index in [0.717, 1.165) is 0 Å². The Morgan fingerprint density at radius 3 is 1.88 bits per heavy atom. The molecule has 0 aromatic carbocycles. The lowest BCUT2D eigenvalue weighted by atomic mass is 10.5. The summed E-state index contributed by atoms with van der Waals surface area (Å²) >= 11 is 0. The maximum Gasteiger partial charge on any atom is 0.0326 e. The zero-order chi connectivity index (χ0) is 6.41. The third-order valence-corrected chi connectivity index (χ3v) is 0.699. The van der Waals surface area contributed by atoms with E-state index in [9.17, 15) is 0 Å². The molecule has 0 aromatic heterocycles. The van der Waals surface area contributed by atoms with E-state index in [-0.39, 0.29) is 0 Å². The zero-order valence-electron chi connectivity index (χ0n) is 4.93. The molecule has 0 rings (SSSR count). The molecule has 0 saturated heterocycles. The van der Waals surface area contributed by atoms with Crippen molar-refractivity contribution >= 4 is 0 Å². The third kappa shape index (κ3) is 3.59. The lowest BCUT2D eigenvalue weighted by molar-refractivity contribution is 0.330. The molecule has 0 fully saturated rings. The SMILES string of the molecule is C=CCN([NH])CC=C. The molecule has 0 aliphatic carbocycles. The van der Waals surface area contributed by atoms with Crippen LogP contribution in [0.4, 0.5) is 0 Å². The van der Waals surface area contributed by atoms with E-state index in [1.54, 1.807) is 12.2 Å². The van der Waals surface area contributed by atoms with Crippen LogP contribution in [0.3, 0.4) is 0 Å². The Balaban J connectivity index is 3.16. The molecule has 0 aliphatic rings. The summed E-state index contributed by atoms with van der Waals surface area (Å²) in [5.74, 6) is 7.06. The van der Waals surface area contributed by atoms with Crippen molar-refractivity contribution in [3.8, 4) is 0 Å². The van der Waals surface area contributed by atoms with Crippen molar-refractivity contribution in [1.29, 1.82) is 0 Å². The number of rotatable bonds is 4. The number of nitrogens with one attached hydrogen (secondary N) is 1. The van der Waals surface area contributed by atoms with Crippen molar-refractivity contribution in [3.63, 3.8) is 0 Å². The van der Waals surface area contributed by atoms with E-state index >= 15 is 0 Å². The standard InChI is InChI=1S/C6H11N2/c1-3-5-8(7)6-4-2/h3-4,7H,1-2,5-6H2. The first-order chi connectivity index (χ1) is 3.81. The fourth-order valence-electron chi connectivity index (χ4n) is 0.386. The highest BCUT2D eigenvalue weighted by Crippen LogP contribution is 1.78. The molecule has 2 heteroatoms. The van der Waals surface area contributed by atoms with Gasteiger partial charge >= 0.3 is 0 Å². The van der Waals surface area contributed by atoms with Gasteiger partial charge in [0.2, 0.25) is 0 Å². The van der Waals surface area contributed by atoms with Gasteiger partial charge in [0, 0.05) is 13.1 Å². The molecule has 0 saturated carbocycles. The van der Waals surface area contributed by atoms with Gasteiger partial charge in [-0.15, -0.1) is 13.2 Å². The Morgan fingerprint density at radius 2 is 1.62 bits per heavy atom. The van der Waals surface area contributed by atoms with Crippen LogP contribution in [0.2, 0.25) is 0 Å². The average Bonchev–Trinajstić information content (AvgIpc) is 1.68. The molecule has 8 heavy (non-hydrogen) atoms. The van der Waals surface area contributed by atoms with Gasteiger partial charge in [0.05, 0.1) is 0 Å². The molecule has 0 aliphatic heterocycles. The minimum atomic E-state index is 0.603. The molecule has 0 spiro atoms. The summed E-state index contributed by atoms with van der Waals surface area (Å²) in [6, 6.07) is 0. The van der Waals surface area contributed by atoms with Gasteiger partial charge in [-0.25, -0.2) is 5.01 Å². The van der Waals surface area contributed by atoms with Crippen LogP contribution in [0.15, 0.2) is 25.3 Å². The van der Waals surface area contributed by atoms with Crippen LogP contribution in [0.1, 0.15) is 0 Å². The normalized spacial score (nSPS) is 9.25. The van der Waals surface area contributed by atoms with Crippen LogP contribution in [-0.2, 0) is 0 Å². The molecule has 0 bridgehead atoms. The molecule has 0 heterocycles. The lowest BCUT2D eigenvalue weighted by Crippen LogP contribution is -2.20. The van der Waals surface area contributed by atoms with Gasteiger partial charge in [-0.05, 0) is 0 Å². The van der Waals surface area contributed by atoms with Crippen LogP contribution in [0, 0.1) is 0 Å². The molecule has 2 nitrogen and oxygen atoms in total. The zero-order valence-corrected chi connectivity index (χ0v) is 4.93. The van der Waals surface area contributed by atoms with Crippen molar-refractivity contribution in [2.24, 2.45) is 0 Å². The summed E-state index contributed by atoms with van der Waals surface area (Å²) < 4.78 is 0. The van der Waals surface area contributed by atoms with E-state index in [4.69, 9.17) is 5.84 Å². The molecule has 0 atom stereocenters. The van der Waals surface area contributed by atoms with Crippen molar-refractivity contribution in [1.82, 2.24) is 10.9 Å². The van der Waals surface area contributed by atoms with Gasteiger partial charge in [0.25, 0.3) is 0 Å². The summed E-state index contributed by atoms with van der Waals surface area (Å²) in [6.45, 7) is 8.18. The van der Waals surface area contributed by atoms with Crippen LogP contribution < -0.4 is 5.84 Å². The first kappa shape index (κ1) is 7.40. The first-order valence-corrected chi connectivity index (χ1v) is 2.49. The van der Waals surface area contributed by atoms with Gasteiger partial charge in [-0.2, -0.15) is 5.84 Å². The van der Waals surface area contributed by atoms with Crippen LogP contribution >= 0.6 is 0 Å². The van der Waals surface area contributed by atoms with Crippen molar-refractivity contribution in [3.05, 3.63) is 25.3 Å². The second-order valence-electron chi connectivity index (χ2n) is 1.48. The average molecular weight is 111 g/mol. The third-order valence-electron chi connectivity index (χ3n) is 0.699.